The maximum atomic E-state index is 12.1. The summed E-state index contributed by atoms with van der Waals surface area (Å²) in [6.45, 7) is 6.37. The van der Waals surface area contributed by atoms with Gasteiger partial charge in [-0.3, -0.25) is 4.79 Å². The van der Waals surface area contributed by atoms with Gasteiger partial charge in [0.1, 0.15) is 0 Å². The van der Waals surface area contributed by atoms with E-state index in [2.05, 4.69) is 58.6 Å². The second-order valence-corrected chi connectivity index (χ2v) is 11.2. The Labute approximate surface area is 203 Å². The number of rotatable bonds is 11. The van der Waals surface area contributed by atoms with E-state index in [9.17, 15) is 13.2 Å². The average Bonchev–Trinajstić information content (AvgIpc) is 2.84. The highest BCUT2D eigenvalue weighted by atomic mass is 32.2. The van der Waals surface area contributed by atoms with Gasteiger partial charge in [-0.25, -0.2) is 13.1 Å². The molecule has 0 spiro atoms. The Morgan fingerprint density at radius 3 is 1.97 bits per heavy atom. The second-order valence-electron chi connectivity index (χ2n) is 8.92. The minimum atomic E-state index is -3.26. The first-order valence-corrected chi connectivity index (χ1v) is 13.3. The van der Waals surface area contributed by atoms with Crippen molar-refractivity contribution in [3.63, 3.8) is 0 Å². The lowest BCUT2D eigenvalue weighted by Crippen LogP contribution is -2.33. The quantitative estimate of drug-likeness (QED) is 0.420. The van der Waals surface area contributed by atoms with Crippen LogP contribution in [0.25, 0.3) is 11.1 Å². The van der Waals surface area contributed by atoms with E-state index >= 15 is 0 Å². The number of hydrogen-bond donors (Lipinski definition) is 2. The summed E-state index contributed by atoms with van der Waals surface area (Å²) in [5.74, 6) is 0.121. The first kappa shape index (κ1) is 25.7. The van der Waals surface area contributed by atoms with Crippen molar-refractivity contribution in [2.45, 2.75) is 44.8 Å². The van der Waals surface area contributed by atoms with Gasteiger partial charge in [-0.2, -0.15) is 0 Å². The van der Waals surface area contributed by atoms with Gasteiger partial charge in [-0.05, 0) is 54.0 Å². The molecule has 0 heterocycles. The molecule has 1 atom stereocenters. The van der Waals surface area contributed by atoms with Crippen LogP contribution in [0.15, 0.2) is 78.9 Å². The molecule has 3 aromatic carbocycles. The Hall–Kier alpha value is -2.96. The summed E-state index contributed by atoms with van der Waals surface area (Å²) in [5.41, 5.74) is 5.52. The third kappa shape index (κ3) is 7.54. The fraction of sp³-hybridized carbons (Fsp3) is 0.321. The zero-order valence-electron chi connectivity index (χ0n) is 20.1. The van der Waals surface area contributed by atoms with Crippen LogP contribution in [0, 0.1) is 0 Å². The molecule has 0 aromatic heterocycles. The molecule has 0 saturated carbocycles. The smallest absolute Gasteiger partial charge is 0.224 e. The SMILES string of the molecule is CC(CNS(=O)(=O)C(C)C)c1ccc(-c2ccc(CCNC(=O)Cc3ccccc3)cc2)cc1. The topological polar surface area (TPSA) is 75.3 Å². The third-order valence-corrected chi connectivity index (χ3v) is 7.73. The van der Waals surface area contributed by atoms with Crippen LogP contribution in [0.2, 0.25) is 0 Å². The zero-order chi connectivity index (χ0) is 24.6. The predicted octanol–water partition coefficient (Wildman–Crippen LogP) is 4.69. The fourth-order valence-corrected chi connectivity index (χ4v) is 4.40. The maximum Gasteiger partial charge on any atom is 0.224 e. The highest BCUT2D eigenvalue weighted by Crippen LogP contribution is 2.23. The number of benzene rings is 3. The van der Waals surface area contributed by atoms with Crippen molar-refractivity contribution in [1.29, 1.82) is 0 Å². The number of amides is 1. The van der Waals surface area contributed by atoms with Crippen LogP contribution in [0.1, 0.15) is 43.4 Å². The maximum absolute atomic E-state index is 12.1. The molecule has 5 nitrogen and oxygen atoms in total. The Kier molecular flexibility index (Phi) is 9.02. The van der Waals surface area contributed by atoms with Gasteiger partial charge in [-0.15, -0.1) is 0 Å². The van der Waals surface area contributed by atoms with Gasteiger partial charge in [0.05, 0.1) is 11.7 Å². The molecule has 3 rings (SSSR count). The van der Waals surface area contributed by atoms with Gasteiger partial charge >= 0.3 is 0 Å². The van der Waals surface area contributed by atoms with Gasteiger partial charge < -0.3 is 5.32 Å². The first-order chi connectivity index (χ1) is 16.2. The molecular formula is C28H34N2O3S. The Bertz CT molecular complexity index is 1160. The van der Waals surface area contributed by atoms with Gasteiger partial charge in [0, 0.05) is 13.1 Å². The third-order valence-electron chi connectivity index (χ3n) is 5.92. The summed E-state index contributed by atoms with van der Waals surface area (Å²) in [5, 5.41) is 2.55. The molecule has 1 amide bonds. The van der Waals surface area contributed by atoms with Gasteiger partial charge in [0.15, 0.2) is 0 Å². The van der Waals surface area contributed by atoms with Crippen molar-refractivity contribution in [3.05, 3.63) is 95.6 Å². The van der Waals surface area contributed by atoms with Crippen LogP contribution in [-0.4, -0.2) is 32.7 Å². The number of carbonyl (C=O) groups excluding carboxylic acids is 1. The van der Waals surface area contributed by atoms with Crippen molar-refractivity contribution in [2.75, 3.05) is 13.1 Å². The van der Waals surface area contributed by atoms with Crippen LogP contribution in [0.4, 0.5) is 0 Å². The van der Waals surface area contributed by atoms with E-state index in [1.807, 2.05) is 37.3 Å². The summed E-state index contributed by atoms with van der Waals surface area (Å²) >= 11 is 0. The molecule has 0 aliphatic carbocycles. The summed E-state index contributed by atoms with van der Waals surface area (Å²) < 4.78 is 26.6. The minimum Gasteiger partial charge on any atom is -0.355 e. The molecule has 0 fully saturated rings. The van der Waals surface area contributed by atoms with Crippen LogP contribution < -0.4 is 10.0 Å². The van der Waals surface area contributed by atoms with Gasteiger partial charge in [-0.1, -0.05) is 85.8 Å². The normalized spacial score (nSPS) is 12.5. The monoisotopic (exact) mass is 478 g/mol. The molecule has 0 aliphatic rings. The summed E-state index contributed by atoms with van der Waals surface area (Å²) in [6.07, 6.45) is 1.18. The van der Waals surface area contributed by atoms with Crippen molar-refractivity contribution in [1.82, 2.24) is 10.0 Å². The van der Waals surface area contributed by atoms with Crippen LogP contribution in [0.5, 0.6) is 0 Å². The summed E-state index contributed by atoms with van der Waals surface area (Å²) in [7, 11) is -3.26. The minimum absolute atomic E-state index is 0.0362. The largest absolute Gasteiger partial charge is 0.355 e. The number of carbonyl (C=O) groups is 1. The standard InChI is InChI=1S/C28H34N2O3S/c1-21(2)34(32,33)30-20-22(3)25-13-15-27(16-14-25)26-11-9-23(10-12-26)17-18-29-28(31)19-24-7-5-4-6-8-24/h4-16,21-22,30H,17-20H2,1-3H3,(H,29,31). The van der Waals surface area contributed by atoms with Crippen LogP contribution in [0.3, 0.4) is 0 Å². The van der Waals surface area contributed by atoms with Crippen molar-refractivity contribution in [3.8, 4) is 11.1 Å². The molecule has 3 aromatic rings. The zero-order valence-corrected chi connectivity index (χ0v) is 20.9. The van der Waals surface area contributed by atoms with E-state index in [1.165, 1.54) is 5.56 Å². The highest BCUT2D eigenvalue weighted by molar-refractivity contribution is 7.90. The highest BCUT2D eigenvalue weighted by Gasteiger charge is 2.17. The molecule has 34 heavy (non-hydrogen) atoms. The lowest BCUT2D eigenvalue weighted by atomic mass is 9.97. The van der Waals surface area contributed by atoms with Crippen molar-refractivity contribution in [2.24, 2.45) is 0 Å². The molecule has 0 aliphatic heterocycles. The summed E-state index contributed by atoms with van der Waals surface area (Å²) in [4.78, 5) is 12.1. The molecule has 180 valence electrons. The average molecular weight is 479 g/mol. The van der Waals surface area contributed by atoms with E-state index in [0.717, 1.165) is 28.7 Å². The second kappa shape index (κ2) is 12.0. The van der Waals surface area contributed by atoms with E-state index < -0.39 is 15.3 Å². The Balaban J connectivity index is 1.49. The van der Waals surface area contributed by atoms with Gasteiger partial charge in [0.25, 0.3) is 0 Å². The predicted molar refractivity (Wildman–Crippen MR) is 139 cm³/mol. The van der Waals surface area contributed by atoms with Crippen molar-refractivity contribution < 1.29 is 13.2 Å². The lowest BCUT2D eigenvalue weighted by molar-refractivity contribution is -0.120. The summed E-state index contributed by atoms with van der Waals surface area (Å²) in [6, 6.07) is 26.4. The molecule has 2 N–H and O–H groups in total. The number of sulfonamides is 1. The van der Waals surface area contributed by atoms with E-state index in [4.69, 9.17) is 0 Å². The first-order valence-electron chi connectivity index (χ1n) is 11.7. The van der Waals surface area contributed by atoms with E-state index in [0.29, 0.717) is 19.5 Å². The Morgan fingerprint density at radius 2 is 1.38 bits per heavy atom. The van der Waals surface area contributed by atoms with Crippen LogP contribution >= 0.6 is 0 Å². The molecule has 1 unspecified atom stereocenters. The van der Waals surface area contributed by atoms with Crippen LogP contribution in [-0.2, 0) is 27.7 Å². The number of hydrogen-bond acceptors (Lipinski definition) is 3. The van der Waals surface area contributed by atoms with E-state index in [-0.39, 0.29) is 11.8 Å². The fourth-order valence-electron chi connectivity index (χ4n) is 3.58. The van der Waals surface area contributed by atoms with Crippen molar-refractivity contribution >= 4 is 15.9 Å². The Morgan fingerprint density at radius 1 is 0.794 bits per heavy atom. The molecular weight excluding hydrogens is 444 g/mol. The lowest BCUT2D eigenvalue weighted by Gasteiger charge is -2.15. The molecule has 6 heteroatoms. The van der Waals surface area contributed by atoms with E-state index in [1.54, 1.807) is 13.8 Å². The molecule has 0 saturated heterocycles. The van der Waals surface area contributed by atoms with Gasteiger partial charge in [0.2, 0.25) is 15.9 Å². The molecule has 0 radical (unpaired) electrons. The molecule has 0 bridgehead atoms. The number of nitrogens with one attached hydrogen (secondary N) is 2.